The molecule has 0 unspecified atom stereocenters. The van der Waals surface area contributed by atoms with E-state index in [0.717, 1.165) is 5.56 Å². The Balaban J connectivity index is 2.53. The van der Waals surface area contributed by atoms with Crippen LogP contribution in [-0.4, -0.2) is 10.8 Å². The minimum atomic E-state index is -0.510. The number of ether oxygens (including phenoxy) is 1. The number of aryl methyl sites for hydroxylation is 2. The third-order valence-corrected chi connectivity index (χ3v) is 3.17. The molecule has 1 heterocycles. The van der Waals surface area contributed by atoms with Crippen molar-refractivity contribution in [2.24, 2.45) is 5.73 Å². The molecule has 0 bridgehead atoms. The first-order valence-electron chi connectivity index (χ1n) is 5.84. The molecule has 0 amide bonds. The summed E-state index contributed by atoms with van der Waals surface area (Å²) in [5.74, 6) is -0.518. The lowest BCUT2D eigenvalue weighted by Gasteiger charge is -2.13. The molecule has 0 aliphatic heterocycles. The first-order valence-corrected chi connectivity index (χ1v) is 6.63. The second-order valence-corrected chi connectivity index (χ2v) is 5.27. The van der Waals surface area contributed by atoms with Gasteiger partial charge in [0.15, 0.2) is 11.6 Å². The zero-order chi connectivity index (χ0) is 14.9. The van der Waals surface area contributed by atoms with Crippen LogP contribution in [0.3, 0.4) is 0 Å². The Morgan fingerprint density at radius 1 is 1.35 bits per heavy atom. The molecule has 0 atom stereocenters. The van der Waals surface area contributed by atoms with Crippen LogP contribution in [0.4, 0.5) is 4.39 Å². The van der Waals surface area contributed by atoms with Crippen molar-refractivity contribution in [2.75, 3.05) is 0 Å². The van der Waals surface area contributed by atoms with Gasteiger partial charge in [-0.1, -0.05) is 15.9 Å². The van der Waals surface area contributed by atoms with Gasteiger partial charge in [-0.05, 0) is 43.7 Å². The van der Waals surface area contributed by atoms with Crippen molar-refractivity contribution in [3.05, 3.63) is 51.4 Å². The highest BCUT2D eigenvalue weighted by Gasteiger charge is 2.15. The van der Waals surface area contributed by atoms with E-state index >= 15 is 0 Å². The quantitative estimate of drug-likeness (QED) is 0.662. The van der Waals surface area contributed by atoms with Gasteiger partial charge < -0.3 is 10.5 Å². The largest absolute Gasteiger partial charge is 0.435 e. The molecule has 0 radical (unpaired) electrons. The number of halogens is 2. The standard InChI is InChI=1S/C14H13BrFN3O/c1-7-5-8(2)19-14(12(7)13(17)18)20-11-6-9(15)3-4-10(11)16/h3-6H,1-2H3,(H3,17,18). The van der Waals surface area contributed by atoms with Gasteiger partial charge in [0.2, 0.25) is 5.88 Å². The molecular formula is C14H13BrFN3O. The average molecular weight is 338 g/mol. The summed E-state index contributed by atoms with van der Waals surface area (Å²) in [5, 5.41) is 7.60. The number of nitrogens with zero attached hydrogens (tertiary/aromatic N) is 1. The van der Waals surface area contributed by atoms with Crippen LogP contribution in [0.1, 0.15) is 16.8 Å². The van der Waals surface area contributed by atoms with Gasteiger partial charge in [-0.15, -0.1) is 0 Å². The number of hydrogen-bond donors (Lipinski definition) is 2. The van der Waals surface area contributed by atoms with E-state index in [1.165, 1.54) is 12.1 Å². The van der Waals surface area contributed by atoms with Crippen LogP contribution < -0.4 is 10.5 Å². The number of nitrogens with one attached hydrogen (secondary N) is 1. The highest BCUT2D eigenvalue weighted by Crippen LogP contribution is 2.30. The molecule has 104 valence electrons. The molecule has 0 spiro atoms. The molecule has 3 N–H and O–H groups in total. The molecule has 0 fully saturated rings. The number of hydrogen-bond acceptors (Lipinski definition) is 3. The zero-order valence-corrected chi connectivity index (χ0v) is 12.6. The van der Waals surface area contributed by atoms with E-state index in [-0.39, 0.29) is 17.5 Å². The Labute approximate surface area is 124 Å². The van der Waals surface area contributed by atoms with Crippen LogP contribution in [-0.2, 0) is 0 Å². The molecule has 2 aromatic rings. The van der Waals surface area contributed by atoms with Crippen LogP contribution in [0, 0.1) is 25.1 Å². The van der Waals surface area contributed by atoms with E-state index in [1.807, 2.05) is 0 Å². The maximum atomic E-state index is 13.7. The minimum Gasteiger partial charge on any atom is -0.435 e. The fraction of sp³-hybridized carbons (Fsp3) is 0.143. The predicted octanol–water partition coefficient (Wildman–Crippen LogP) is 3.68. The highest BCUT2D eigenvalue weighted by molar-refractivity contribution is 9.10. The predicted molar refractivity (Wildman–Crippen MR) is 78.9 cm³/mol. The topological polar surface area (TPSA) is 72.0 Å². The van der Waals surface area contributed by atoms with Gasteiger partial charge in [-0.25, -0.2) is 9.37 Å². The van der Waals surface area contributed by atoms with Gasteiger partial charge in [0.1, 0.15) is 5.84 Å². The number of pyridine rings is 1. The summed E-state index contributed by atoms with van der Waals surface area (Å²) >= 11 is 3.25. The fourth-order valence-electron chi connectivity index (χ4n) is 1.86. The monoisotopic (exact) mass is 337 g/mol. The van der Waals surface area contributed by atoms with E-state index < -0.39 is 5.82 Å². The summed E-state index contributed by atoms with van der Waals surface area (Å²) in [5.41, 5.74) is 7.38. The van der Waals surface area contributed by atoms with Crippen molar-refractivity contribution < 1.29 is 9.13 Å². The molecule has 4 nitrogen and oxygen atoms in total. The van der Waals surface area contributed by atoms with E-state index in [2.05, 4.69) is 20.9 Å². The maximum absolute atomic E-state index is 13.7. The van der Waals surface area contributed by atoms with Crippen molar-refractivity contribution >= 4 is 21.8 Å². The lowest BCUT2D eigenvalue weighted by molar-refractivity contribution is 0.425. The highest BCUT2D eigenvalue weighted by atomic mass is 79.9. The zero-order valence-electron chi connectivity index (χ0n) is 11.0. The number of nitrogens with two attached hydrogens (primary N) is 1. The smallest absolute Gasteiger partial charge is 0.230 e. The second kappa shape index (κ2) is 5.58. The van der Waals surface area contributed by atoms with Gasteiger partial charge in [0.05, 0.1) is 5.56 Å². The van der Waals surface area contributed by atoms with Crippen molar-refractivity contribution in [2.45, 2.75) is 13.8 Å². The van der Waals surface area contributed by atoms with Gasteiger partial charge >= 0.3 is 0 Å². The van der Waals surface area contributed by atoms with Crippen LogP contribution in [0.25, 0.3) is 0 Å². The van der Waals surface area contributed by atoms with Gasteiger partial charge in [-0.2, -0.15) is 0 Å². The van der Waals surface area contributed by atoms with Crippen LogP contribution in [0.5, 0.6) is 11.6 Å². The Morgan fingerprint density at radius 3 is 2.70 bits per heavy atom. The van der Waals surface area contributed by atoms with E-state index in [1.54, 1.807) is 26.0 Å². The Kier molecular flexibility index (Phi) is 4.04. The summed E-state index contributed by atoms with van der Waals surface area (Å²) < 4.78 is 19.9. The fourth-order valence-corrected chi connectivity index (χ4v) is 2.20. The third kappa shape index (κ3) is 2.96. The summed E-state index contributed by atoms with van der Waals surface area (Å²) in [6, 6.07) is 6.15. The summed E-state index contributed by atoms with van der Waals surface area (Å²) in [6.07, 6.45) is 0. The van der Waals surface area contributed by atoms with Gasteiger partial charge in [0.25, 0.3) is 0 Å². The minimum absolute atomic E-state index is 0.0272. The number of benzene rings is 1. The number of aromatic nitrogens is 1. The second-order valence-electron chi connectivity index (χ2n) is 4.35. The van der Waals surface area contributed by atoms with Crippen molar-refractivity contribution in [3.8, 4) is 11.6 Å². The lowest BCUT2D eigenvalue weighted by atomic mass is 10.1. The normalized spacial score (nSPS) is 10.4. The van der Waals surface area contributed by atoms with Crippen molar-refractivity contribution in [1.82, 2.24) is 4.98 Å². The first kappa shape index (κ1) is 14.5. The average Bonchev–Trinajstić information content (AvgIpc) is 2.32. The molecule has 1 aromatic heterocycles. The van der Waals surface area contributed by atoms with Crippen LogP contribution in [0.2, 0.25) is 0 Å². The SMILES string of the molecule is Cc1cc(C)c(C(=N)N)c(Oc2cc(Br)ccc2F)n1. The van der Waals surface area contributed by atoms with Gasteiger partial charge in [0, 0.05) is 10.2 Å². The molecule has 1 aromatic carbocycles. The van der Waals surface area contributed by atoms with E-state index in [9.17, 15) is 4.39 Å². The molecule has 2 rings (SSSR count). The Hall–Kier alpha value is -1.95. The van der Waals surface area contributed by atoms with E-state index in [4.69, 9.17) is 15.9 Å². The molecule has 0 aliphatic carbocycles. The molecular weight excluding hydrogens is 325 g/mol. The number of rotatable bonds is 3. The lowest BCUT2D eigenvalue weighted by Crippen LogP contribution is -2.15. The Morgan fingerprint density at radius 2 is 2.05 bits per heavy atom. The van der Waals surface area contributed by atoms with Crippen molar-refractivity contribution in [1.29, 1.82) is 5.41 Å². The van der Waals surface area contributed by atoms with Gasteiger partial charge in [-0.3, -0.25) is 5.41 Å². The first-order chi connectivity index (χ1) is 9.38. The van der Waals surface area contributed by atoms with Crippen LogP contribution in [0.15, 0.2) is 28.7 Å². The number of nitrogen functional groups attached to an aromatic ring is 1. The molecule has 0 saturated carbocycles. The van der Waals surface area contributed by atoms with Crippen LogP contribution >= 0.6 is 15.9 Å². The Bertz CT molecular complexity index is 688. The summed E-state index contributed by atoms with van der Waals surface area (Å²) in [4.78, 5) is 4.20. The van der Waals surface area contributed by atoms with E-state index in [0.29, 0.717) is 15.7 Å². The molecule has 0 aliphatic rings. The third-order valence-electron chi connectivity index (χ3n) is 2.68. The maximum Gasteiger partial charge on any atom is 0.230 e. The summed E-state index contributed by atoms with van der Waals surface area (Å²) in [6.45, 7) is 3.59. The van der Waals surface area contributed by atoms with Crippen molar-refractivity contribution in [3.63, 3.8) is 0 Å². The number of amidine groups is 1. The summed E-state index contributed by atoms with van der Waals surface area (Å²) in [7, 11) is 0. The molecule has 20 heavy (non-hydrogen) atoms. The molecule has 0 saturated heterocycles. The molecule has 6 heteroatoms.